The van der Waals surface area contributed by atoms with Gasteiger partial charge in [-0.3, -0.25) is 19.9 Å². The van der Waals surface area contributed by atoms with Crippen LogP contribution in [0, 0.1) is 19.7 Å². The fourth-order valence-electron chi connectivity index (χ4n) is 3.82. The zero-order chi connectivity index (χ0) is 31.5. The first-order valence-corrected chi connectivity index (χ1v) is 13.9. The smallest absolute Gasteiger partial charge is 0.273 e. The van der Waals surface area contributed by atoms with Gasteiger partial charge in [0.2, 0.25) is 0 Å². The molecule has 4 rings (SSSR count). The molecule has 0 aliphatic heterocycles. The number of allylic oxidation sites excluding steroid dienone is 2. The molecule has 4 aromatic heterocycles. The second-order valence-corrected chi connectivity index (χ2v) is 9.92. The fraction of sp³-hybridized carbons (Fsp3) is 0.323. The van der Waals surface area contributed by atoms with Crippen molar-refractivity contribution in [3.63, 3.8) is 0 Å². The molecule has 0 saturated heterocycles. The maximum Gasteiger partial charge on any atom is 0.273 e. The lowest BCUT2D eigenvalue weighted by atomic mass is 10.0. The number of halogens is 2. The lowest BCUT2D eigenvalue weighted by Crippen LogP contribution is -2.28. The van der Waals surface area contributed by atoms with E-state index in [0.29, 0.717) is 28.8 Å². The number of pyridine rings is 2. The number of aliphatic imine (C=N–C) groups is 1. The molecule has 0 spiro atoms. The zero-order valence-electron chi connectivity index (χ0n) is 25.4. The molecule has 1 amide bonds. The number of hydrogen-bond acceptors (Lipinski definition) is 8. The highest BCUT2D eigenvalue weighted by atomic mass is 19.1. The molecule has 0 aliphatic carbocycles. The second kappa shape index (κ2) is 15.4. The summed E-state index contributed by atoms with van der Waals surface area (Å²) in [5.74, 6) is 0.0923. The van der Waals surface area contributed by atoms with Crippen LogP contribution in [0.5, 0.6) is 0 Å². The van der Waals surface area contributed by atoms with Crippen LogP contribution in [0.3, 0.4) is 0 Å². The molecule has 0 bridgehead atoms. The maximum absolute atomic E-state index is 14.9. The van der Waals surface area contributed by atoms with Crippen LogP contribution in [0.4, 0.5) is 20.4 Å². The number of aromatic nitrogens is 6. The third-order valence-corrected chi connectivity index (χ3v) is 6.43. The maximum atomic E-state index is 14.9. The van der Waals surface area contributed by atoms with E-state index in [4.69, 9.17) is 0 Å². The first kappa shape index (κ1) is 32.6. The van der Waals surface area contributed by atoms with E-state index in [1.54, 1.807) is 19.2 Å². The predicted octanol–water partition coefficient (Wildman–Crippen LogP) is 6.72. The summed E-state index contributed by atoms with van der Waals surface area (Å²) < 4.78 is 26.8. The van der Waals surface area contributed by atoms with Gasteiger partial charge in [0.05, 0.1) is 12.3 Å². The summed E-state index contributed by atoms with van der Waals surface area (Å²) in [5.41, 5.74) is 3.46. The van der Waals surface area contributed by atoms with Crippen molar-refractivity contribution in [1.29, 1.82) is 0 Å². The Morgan fingerprint density at radius 1 is 1.09 bits per heavy atom. The van der Waals surface area contributed by atoms with Gasteiger partial charge >= 0.3 is 0 Å². The zero-order valence-corrected chi connectivity index (χ0v) is 25.4. The Kier molecular flexibility index (Phi) is 11.7. The van der Waals surface area contributed by atoms with Gasteiger partial charge in [-0.25, -0.2) is 23.7 Å². The van der Waals surface area contributed by atoms with Crippen molar-refractivity contribution < 1.29 is 13.6 Å². The quantitative estimate of drug-likeness (QED) is 0.185. The monoisotopic (exact) mass is 589 g/mol. The number of carbonyl (C=O) groups excluding carboxylic acids is 1. The van der Waals surface area contributed by atoms with Crippen LogP contribution in [-0.4, -0.2) is 49.3 Å². The Labute approximate surface area is 250 Å². The Hall–Kier alpha value is -4.87. The summed E-state index contributed by atoms with van der Waals surface area (Å²) in [4.78, 5) is 33.6. The van der Waals surface area contributed by atoms with Gasteiger partial charge < -0.3 is 10.6 Å². The topological polar surface area (TPSA) is 134 Å². The number of anilines is 2. The molecular weight excluding hydrogens is 552 g/mol. The molecule has 43 heavy (non-hydrogen) atoms. The third-order valence-electron chi connectivity index (χ3n) is 6.43. The molecule has 2 atom stereocenters. The highest BCUT2D eigenvalue weighted by Gasteiger charge is 2.19. The molecule has 0 aromatic carbocycles. The molecule has 226 valence electrons. The number of aryl methyl sites for hydroxylation is 2. The largest absolute Gasteiger partial charge is 0.344 e. The van der Waals surface area contributed by atoms with Crippen molar-refractivity contribution >= 4 is 23.8 Å². The minimum atomic E-state index is -0.759. The summed E-state index contributed by atoms with van der Waals surface area (Å²) >= 11 is 0. The first-order chi connectivity index (χ1) is 20.5. The Morgan fingerprint density at radius 3 is 2.42 bits per heavy atom. The van der Waals surface area contributed by atoms with Gasteiger partial charge in [-0.05, 0) is 57.7 Å². The van der Waals surface area contributed by atoms with E-state index in [1.165, 1.54) is 31.6 Å². The normalized spacial score (nSPS) is 12.8. The van der Waals surface area contributed by atoms with Crippen LogP contribution in [0.25, 0.3) is 11.4 Å². The number of rotatable bonds is 9. The van der Waals surface area contributed by atoms with E-state index in [1.807, 2.05) is 39.0 Å². The van der Waals surface area contributed by atoms with E-state index >= 15 is 0 Å². The Morgan fingerprint density at radius 2 is 1.86 bits per heavy atom. The average Bonchev–Trinajstić information content (AvgIpc) is 3.40. The third kappa shape index (κ3) is 9.32. The molecule has 4 heterocycles. The SMILES string of the molecule is C/C=C(/F)C=NC.CCC(C)c1ccc(C(C)NC(=O)c2ncc(-c3nc(C)cc(Nc4cc(C)[nH]n4)n3)cc2F)cn1. The van der Waals surface area contributed by atoms with Crippen LogP contribution in [0.2, 0.25) is 0 Å². The standard InChI is InChI=1S/C26H29FN8O.C5H8FN/c1-6-14(2)21-8-7-18(12-28-21)17(5)31-26(36)24-20(27)11-19(13-29-24)25-30-15(3)9-22(33-25)32-23-10-16(4)34-35-23;1-3-5(6)4-7-2/h7-14,17H,6H2,1-5H3,(H,31,36)(H2,30,32,33,34,35);3-4H,1-2H3/b;5-3+,7-4?. The molecule has 0 fully saturated rings. The van der Waals surface area contributed by atoms with Crippen molar-refractivity contribution in [3.8, 4) is 11.4 Å². The highest BCUT2D eigenvalue weighted by Crippen LogP contribution is 2.22. The molecule has 12 heteroatoms. The fourth-order valence-corrected chi connectivity index (χ4v) is 3.82. The molecule has 3 N–H and O–H groups in total. The van der Waals surface area contributed by atoms with Crippen LogP contribution < -0.4 is 10.6 Å². The number of nitrogens with zero attached hydrogens (tertiary/aromatic N) is 6. The molecule has 2 unspecified atom stereocenters. The number of H-pyrrole nitrogens is 1. The van der Waals surface area contributed by atoms with Gasteiger partial charge in [0.1, 0.15) is 11.6 Å². The van der Waals surface area contributed by atoms with Crippen LogP contribution in [0.1, 0.15) is 79.2 Å². The minimum absolute atomic E-state index is 0.281. The van der Waals surface area contributed by atoms with E-state index in [-0.39, 0.29) is 23.4 Å². The summed E-state index contributed by atoms with van der Waals surface area (Å²) in [6.07, 6.45) is 6.65. The van der Waals surface area contributed by atoms with Gasteiger partial charge in [-0.15, -0.1) is 0 Å². The molecular formula is C31H37F2N9O. The molecule has 4 aromatic rings. The molecule has 0 saturated carbocycles. The predicted molar refractivity (Wildman–Crippen MR) is 165 cm³/mol. The van der Waals surface area contributed by atoms with Crippen LogP contribution >= 0.6 is 0 Å². The van der Waals surface area contributed by atoms with Crippen molar-refractivity contribution in [2.45, 2.75) is 59.9 Å². The minimum Gasteiger partial charge on any atom is -0.344 e. The van der Waals surface area contributed by atoms with Crippen LogP contribution in [0.15, 0.2) is 59.6 Å². The number of carbonyl (C=O) groups is 1. The average molecular weight is 590 g/mol. The van der Waals surface area contributed by atoms with Crippen molar-refractivity contribution in [3.05, 3.63) is 88.8 Å². The van der Waals surface area contributed by atoms with E-state index in [0.717, 1.165) is 23.4 Å². The highest BCUT2D eigenvalue weighted by molar-refractivity contribution is 5.93. The van der Waals surface area contributed by atoms with Gasteiger partial charge in [0, 0.05) is 54.2 Å². The second-order valence-electron chi connectivity index (χ2n) is 9.92. The lowest BCUT2D eigenvalue weighted by Gasteiger charge is -2.15. The van der Waals surface area contributed by atoms with Crippen molar-refractivity contribution in [1.82, 2.24) is 35.5 Å². The van der Waals surface area contributed by atoms with E-state index in [2.05, 4.69) is 59.6 Å². The van der Waals surface area contributed by atoms with Gasteiger partial charge in [0.15, 0.2) is 23.2 Å². The van der Waals surface area contributed by atoms with E-state index < -0.39 is 11.7 Å². The first-order valence-electron chi connectivity index (χ1n) is 13.9. The number of amides is 1. The lowest BCUT2D eigenvalue weighted by molar-refractivity contribution is 0.0930. The number of hydrogen-bond donors (Lipinski definition) is 3. The van der Waals surface area contributed by atoms with Crippen LogP contribution in [-0.2, 0) is 0 Å². The molecule has 10 nitrogen and oxygen atoms in total. The summed E-state index contributed by atoms with van der Waals surface area (Å²) in [7, 11) is 1.53. The van der Waals surface area contributed by atoms with E-state index in [9.17, 15) is 13.6 Å². The van der Waals surface area contributed by atoms with Crippen molar-refractivity contribution in [2.24, 2.45) is 4.99 Å². The Balaban J connectivity index is 0.000000646. The van der Waals surface area contributed by atoms with Gasteiger partial charge in [0.25, 0.3) is 5.91 Å². The summed E-state index contributed by atoms with van der Waals surface area (Å²) in [5, 5.41) is 12.9. The summed E-state index contributed by atoms with van der Waals surface area (Å²) in [6.45, 7) is 11.4. The molecule has 0 radical (unpaired) electrons. The van der Waals surface area contributed by atoms with Crippen molar-refractivity contribution in [2.75, 3.05) is 12.4 Å². The number of nitrogens with one attached hydrogen (secondary N) is 3. The van der Waals surface area contributed by atoms with Gasteiger partial charge in [-0.1, -0.05) is 26.0 Å². The van der Waals surface area contributed by atoms with Gasteiger partial charge in [-0.2, -0.15) is 5.10 Å². The summed E-state index contributed by atoms with van der Waals surface area (Å²) in [6, 6.07) is 8.33. The Bertz CT molecular complexity index is 1580. The number of aromatic amines is 1. The molecule has 0 aliphatic rings.